The zero-order valence-corrected chi connectivity index (χ0v) is 9.51. The molecule has 0 aliphatic heterocycles. The molecule has 2 aromatic rings. The lowest BCUT2D eigenvalue weighted by Crippen LogP contribution is -1.98. The van der Waals surface area contributed by atoms with Crippen LogP contribution in [0.15, 0.2) is 48.5 Å². The average molecular weight is 227 g/mol. The topological polar surface area (TPSA) is 44.0 Å². The van der Waals surface area contributed by atoms with Crippen LogP contribution in [0.2, 0.25) is 0 Å². The van der Waals surface area contributed by atoms with E-state index in [4.69, 9.17) is 5.26 Å². The van der Waals surface area contributed by atoms with Crippen molar-refractivity contribution in [2.75, 3.05) is 0 Å². The summed E-state index contributed by atoms with van der Waals surface area (Å²) in [5.41, 5.74) is 2.69. The molecule has 0 amide bonds. The van der Waals surface area contributed by atoms with E-state index in [1.54, 1.807) is 12.1 Å². The van der Waals surface area contributed by atoms with Gasteiger partial charge in [-0.15, -0.1) is 0 Å². The first kappa shape index (κ1) is 10.8. The summed E-state index contributed by atoms with van der Waals surface area (Å²) in [6.07, 6.45) is 0. The molecule has 0 bridgehead atoms. The van der Waals surface area contributed by atoms with Crippen molar-refractivity contribution in [1.82, 2.24) is 0 Å². The Morgan fingerprint density at radius 3 is 2.31 bits per heavy atom. The van der Waals surface area contributed by atoms with E-state index in [1.165, 1.54) is 0 Å². The molecule has 0 heterocycles. The molecule has 1 unspecified atom stereocenters. The van der Waals surface area contributed by atoms with Crippen LogP contribution in [-0.4, -0.2) is 4.89 Å². The van der Waals surface area contributed by atoms with Gasteiger partial charge in [0.25, 0.3) is 0 Å². The molecule has 0 aromatic heterocycles. The second-order valence-corrected chi connectivity index (χ2v) is 4.11. The number of benzene rings is 2. The minimum absolute atomic E-state index is 0.213. The quantitative estimate of drug-likeness (QED) is 0.801. The van der Waals surface area contributed by atoms with E-state index < -0.39 is 0 Å². The summed E-state index contributed by atoms with van der Waals surface area (Å²) >= 11 is 0. The normalized spacial score (nSPS) is 10.5. The predicted molar refractivity (Wildman–Crippen MR) is 66.8 cm³/mol. The van der Waals surface area contributed by atoms with Gasteiger partial charge in [-0.3, -0.25) is 0 Å². The van der Waals surface area contributed by atoms with Crippen molar-refractivity contribution in [2.24, 2.45) is 0 Å². The Hall–Kier alpha value is -1.68. The summed E-state index contributed by atoms with van der Waals surface area (Å²) in [5.74, 6) is 0. The zero-order valence-electron chi connectivity index (χ0n) is 8.51. The predicted octanol–water partition coefficient (Wildman–Crippen LogP) is 2.44. The minimum atomic E-state index is -0.213. The Balaban J connectivity index is 2.47. The molecule has 0 saturated heterocycles. The Labute approximate surface area is 96.0 Å². The molecule has 0 aliphatic carbocycles. The second kappa shape index (κ2) is 4.90. The highest BCUT2D eigenvalue weighted by atomic mass is 31.1. The SMILES string of the molecule is N#Cc1ccc(-c2ccccc2PO)cc1. The molecule has 2 rings (SSSR count). The van der Waals surface area contributed by atoms with E-state index in [0.717, 1.165) is 16.4 Å². The van der Waals surface area contributed by atoms with Crippen molar-refractivity contribution in [2.45, 2.75) is 0 Å². The third kappa shape index (κ3) is 2.12. The highest BCUT2D eigenvalue weighted by Crippen LogP contribution is 2.21. The lowest BCUT2D eigenvalue weighted by Gasteiger charge is -2.06. The third-order valence-electron chi connectivity index (χ3n) is 2.37. The molecule has 1 atom stereocenters. The van der Waals surface area contributed by atoms with Gasteiger partial charge in [0, 0.05) is 14.1 Å². The molecule has 3 heteroatoms. The first-order valence-electron chi connectivity index (χ1n) is 4.85. The molecule has 2 nitrogen and oxygen atoms in total. The van der Waals surface area contributed by atoms with Crippen molar-refractivity contribution < 1.29 is 4.89 Å². The lowest BCUT2D eigenvalue weighted by atomic mass is 10.0. The Morgan fingerprint density at radius 1 is 1.00 bits per heavy atom. The van der Waals surface area contributed by atoms with Gasteiger partial charge in [0.1, 0.15) is 0 Å². The molecule has 78 valence electrons. The summed E-state index contributed by atoms with van der Waals surface area (Å²) in [5, 5.41) is 9.63. The Morgan fingerprint density at radius 2 is 1.69 bits per heavy atom. The van der Waals surface area contributed by atoms with Crippen LogP contribution in [0.3, 0.4) is 0 Å². The monoisotopic (exact) mass is 227 g/mol. The highest BCUT2D eigenvalue weighted by molar-refractivity contribution is 7.41. The molecule has 0 fully saturated rings. The fraction of sp³-hybridized carbons (Fsp3) is 0. The fourth-order valence-corrected chi connectivity index (χ4v) is 2.08. The van der Waals surface area contributed by atoms with Gasteiger partial charge in [-0.2, -0.15) is 5.26 Å². The Kier molecular flexibility index (Phi) is 3.31. The first-order chi connectivity index (χ1) is 7.85. The van der Waals surface area contributed by atoms with Crippen LogP contribution in [0.5, 0.6) is 0 Å². The zero-order chi connectivity index (χ0) is 11.4. The summed E-state index contributed by atoms with van der Waals surface area (Å²) < 4.78 is 0. The largest absolute Gasteiger partial charge is 0.372 e. The summed E-state index contributed by atoms with van der Waals surface area (Å²) in [6, 6.07) is 17.2. The van der Waals surface area contributed by atoms with Gasteiger partial charge in [0.15, 0.2) is 0 Å². The van der Waals surface area contributed by atoms with Gasteiger partial charge in [-0.05, 0) is 23.3 Å². The van der Waals surface area contributed by atoms with Gasteiger partial charge in [-0.25, -0.2) is 0 Å². The second-order valence-electron chi connectivity index (χ2n) is 3.35. The van der Waals surface area contributed by atoms with Crippen LogP contribution in [0, 0.1) is 11.3 Å². The number of hydrogen-bond donors (Lipinski definition) is 1. The molecule has 16 heavy (non-hydrogen) atoms. The molecule has 0 spiro atoms. The van der Waals surface area contributed by atoms with E-state index in [1.807, 2.05) is 36.4 Å². The highest BCUT2D eigenvalue weighted by Gasteiger charge is 2.03. The van der Waals surface area contributed by atoms with E-state index in [9.17, 15) is 4.89 Å². The van der Waals surface area contributed by atoms with Crippen molar-refractivity contribution in [3.8, 4) is 17.2 Å². The number of nitrogens with zero attached hydrogens (tertiary/aromatic N) is 1. The molecule has 0 aliphatic rings. The van der Waals surface area contributed by atoms with Gasteiger partial charge in [0.2, 0.25) is 0 Å². The van der Waals surface area contributed by atoms with Crippen molar-refractivity contribution >= 4 is 14.1 Å². The number of nitriles is 1. The maximum Gasteiger partial charge on any atom is 0.0991 e. The molecular formula is C13H10NOP. The molecule has 2 aromatic carbocycles. The van der Waals surface area contributed by atoms with E-state index in [-0.39, 0.29) is 8.81 Å². The number of hydrogen-bond acceptors (Lipinski definition) is 2. The molecular weight excluding hydrogens is 217 g/mol. The molecule has 1 N–H and O–H groups in total. The smallest absolute Gasteiger partial charge is 0.0991 e. The van der Waals surface area contributed by atoms with Gasteiger partial charge < -0.3 is 4.89 Å². The first-order valence-corrected chi connectivity index (χ1v) is 5.79. The fourth-order valence-electron chi connectivity index (χ4n) is 1.56. The van der Waals surface area contributed by atoms with E-state index in [0.29, 0.717) is 5.56 Å². The van der Waals surface area contributed by atoms with Crippen LogP contribution in [0.25, 0.3) is 11.1 Å². The van der Waals surface area contributed by atoms with Crippen molar-refractivity contribution in [3.63, 3.8) is 0 Å². The van der Waals surface area contributed by atoms with Gasteiger partial charge >= 0.3 is 0 Å². The van der Waals surface area contributed by atoms with Gasteiger partial charge in [0.05, 0.1) is 11.6 Å². The van der Waals surface area contributed by atoms with E-state index in [2.05, 4.69) is 6.07 Å². The minimum Gasteiger partial charge on any atom is -0.372 e. The summed E-state index contributed by atoms with van der Waals surface area (Å²) in [4.78, 5) is 9.26. The van der Waals surface area contributed by atoms with Crippen LogP contribution in [0.4, 0.5) is 0 Å². The van der Waals surface area contributed by atoms with Crippen LogP contribution in [-0.2, 0) is 0 Å². The lowest BCUT2D eigenvalue weighted by molar-refractivity contribution is 0.655. The molecule has 0 radical (unpaired) electrons. The van der Waals surface area contributed by atoms with Gasteiger partial charge in [-0.1, -0.05) is 36.4 Å². The maximum atomic E-state index is 9.26. The van der Waals surface area contributed by atoms with E-state index >= 15 is 0 Å². The number of rotatable bonds is 2. The summed E-state index contributed by atoms with van der Waals surface area (Å²) in [7, 11) is -0.213. The van der Waals surface area contributed by atoms with Crippen molar-refractivity contribution in [1.29, 1.82) is 5.26 Å². The van der Waals surface area contributed by atoms with Crippen LogP contribution >= 0.6 is 8.81 Å². The van der Waals surface area contributed by atoms with Crippen molar-refractivity contribution in [3.05, 3.63) is 54.1 Å². The maximum absolute atomic E-state index is 9.26. The summed E-state index contributed by atoms with van der Waals surface area (Å²) in [6.45, 7) is 0. The standard InChI is InChI=1S/C13H10NOP/c14-9-10-5-7-11(8-6-10)12-3-1-2-4-13(12)16-15/h1-8,15-16H. The molecule has 0 saturated carbocycles. The Bertz CT molecular complexity index is 528. The third-order valence-corrected chi connectivity index (χ3v) is 3.05. The van der Waals surface area contributed by atoms with Crippen LogP contribution < -0.4 is 5.30 Å². The van der Waals surface area contributed by atoms with Crippen LogP contribution in [0.1, 0.15) is 5.56 Å². The average Bonchev–Trinajstić information content (AvgIpc) is 2.39.